The molecule has 0 aliphatic rings. The van der Waals surface area contributed by atoms with Crippen molar-refractivity contribution >= 4 is 32.7 Å². The first-order valence-corrected chi connectivity index (χ1v) is 7.16. The Balaban J connectivity index is 2.75. The maximum absolute atomic E-state index is 12.1. The molecule has 0 bridgehead atoms. The van der Waals surface area contributed by atoms with Gasteiger partial charge in [-0.1, -0.05) is 40.2 Å². The third-order valence-electron chi connectivity index (χ3n) is 2.95. The highest BCUT2D eigenvalue weighted by Gasteiger charge is 2.20. The minimum absolute atomic E-state index is 0.344. The number of methoxy groups -OCH3 is 1. The molecule has 0 saturated carbocycles. The van der Waals surface area contributed by atoms with E-state index in [-0.39, 0.29) is 5.97 Å². The first kappa shape index (κ1) is 13.9. The molecule has 0 fully saturated rings. The summed E-state index contributed by atoms with van der Waals surface area (Å²) in [5.74, 6) is 0.200. The van der Waals surface area contributed by atoms with Crippen molar-refractivity contribution in [1.29, 1.82) is 0 Å². The highest BCUT2D eigenvalue weighted by molar-refractivity contribution is 9.08. The average molecular weight is 323 g/mol. The number of rotatable bonds is 4. The van der Waals surface area contributed by atoms with E-state index in [9.17, 15) is 4.79 Å². The molecular weight excluding hydrogens is 308 g/mol. The van der Waals surface area contributed by atoms with Crippen LogP contribution in [-0.2, 0) is 10.1 Å². The second kappa shape index (κ2) is 6.06. The molecule has 100 valence electrons. The van der Waals surface area contributed by atoms with Gasteiger partial charge in [-0.25, -0.2) is 4.79 Å². The smallest absolute Gasteiger partial charge is 0.342 e. The summed E-state index contributed by atoms with van der Waals surface area (Å²) >= 11 is 3.45. The molecule has 0 aliphatic carbocycles. The minimum atomic E-state index is -0.348. The fourth-order valence-corrected chi connectivity index (χ4v) is 2.70. The van der Waals surface area contributed by atoms with Gasteiger partial charge < -0.3 is 9.47 Å². The molecular formula is C15H15BrO3. The summed E-state index contributed by atoms with van der Waals surface area (Å²) in [7, 11) is 1.56. The van der Waals surface area contributed by atoms with Crippen molar-refractivity contribution in [2.75, 3.05) is 13.7 Å². The van der Waals surface area contributed by atoms with Crippen LogP contribution in [0.15, 0.2) is 30.3 Å². The molecule has 3 nitrogen and oxygen atoms in total. The SMILES string of the molecule is CCOC(=O)c1c(OC)cc2ccccc2c1CBr. The van der Waals surface area contributed by atoms with E-state index in [0.29, 0.717) is 23.2 Å². The number of benzene rings is 2. The second-order valence-corrected chi connectivity index (χ2v) is 4.57. The summed E-state index contributed by atoms with van der Waals surface area (Å²) in [6.45, 7) is 2.13. The number of hydrogen-bond donors (Lipinski definition) is 0. The molecule has 4 heteroatoms. The van der Waals surface area contributed by atoms with Crippen LogP contribution in [0.1, 0.15) is 22.8 Å². The van der Waals surface area contributed by atoms with Crippen molar-refractivity contribution in [2.24, 2.45) is 0 Å². The molecule has 0 amide bonds. The number of halogens is 1. The monoisotopic (exact) mass is 322 g/mol. The topological polar surface area (TPSA) is 35.5 Å². The Labute approximate surface area is 120 Å². The largest absolute Gasteiger partial charge is 0.496 e. The molecule has 0 spiro atoms. The van der Waals surface area contributed by atoms with Gasteiger partial charge in [0, 0.05) is 5.33 Å². The van der Waals surface area contributed by atoms with Gasteiger partial charge >= 0.3 is 5.97 Å². The number of alkyl halides is 1. The van der Waals surface area contributed by atoms with E-state index in [1.54, 1.807) is 14.0 Å². The van der Waals surface area contributed by atoms with Crippen molar-refractivity contribution in [3.8, 4) is 5.75 Å². The van der Waals surface area contributed by atoms with Gasteiger partial charge in [0.2, 0.25) is 0 Å². The van der Waals surface area contributed by atoms with Crippen LogP contribution >= 0.6 is 15.9 Å². The summed E-state index contributed by atoms with van der Waals surface area (Å²) in [5.41, 5.74) is 1.40. The number of esters is 1. The lowest BCUT2D eigenvalue weighted by molar-refractivity contribution is 0.0522. The van der Waals surface area contributed by atoms with Crippen LogP contribution in [0.3, 0.4) is 0 Å². The summed E-state index contributed by atoms with van der Waals surface area (Å²) in [6, 6.07) is 9.78. The Morgan fingerprint density at radius 1 is 1.32 bits per heavy atom. The molecule has 19 heavy (non-hydrogen) atoms. The van der Waals surface area contributed by atoms with Crippen LogP contribution < -0.4 is 4.74 Å². The predicted molar refractivity (Wildman–Crippen MR) is 79.1 cm³/mol. The van der Waals surface area contributed by atoms with Gasteiger partial charge in [-0.2, -0.15) is 0 Å². The van der Waals surface area contributed by atoms with E-state index >= 15 is 0 Å². The molecule has 0 heterocycles. The third kappa shape index (κ3) is 2.59. The Bertz CT molecular complexity index is 608. The fraction of sp³-hybridized carbons (Fsp3) is 0.267. The molecule has 2 rings (SSSR count). The van der Waals surface area contributed by atoms with E-state index in [4.69, 9.17) is 9.47 Å². The van der Waals surface area contributed by atoms with Gasteiger partial charge in [-0.3, -0.25) is 0 Å². The van der Waals surface area contributed by atoms with Crippen molar-refractivity contribution in [1.82, 2.24) is 0 Å². The lowest BCUT2D eigenvalue weighted by Crippen LogP contribution is -2.10. The van der Waals surface area contributed by atoms with E-state index in [2.05, 4.69) is 15.9 Å². The lowest BCUT2D eigenvalue weighted by Gasteiger charge is -2.14. The van der Waals surface area contributed by atoms with E-state index in [1.165, 1.54) is 0 Å². The van der Waals surface area contributed by atoms with Crippen LogP contribution in [0.4, 0.5) is 0 Å². The Morgan fingerprint density at radius 3 is 2.68 bits per heavy atom. The number of hydrogen-bond acceptors (Lipinski definition) is 3. The van der Waals surface area contributed by atoms with E-state index in [0.717, 1.165) is 16.3 Å². The van der Waals surface area contributed by atoms with Gasteiger partial charge in [-0.05, 0) is 29.3 Å². The highest BCUT2D eigenvalue weighted by atomic mass is 79.9. The summed E-state index contributed by atoms with van der Waals surface area (Å²) < 4.78 is 10.5. The first-order chi connectivity index (χ1) is 9.22. The second-order valence-electron chi connectivity index (χ2n) is 4.01. The summed E-state index contributed by atoms with van der Waals surface area (Å²) in [5, 5.41) is 2.64. The summed E-state index contributed by atoms with van der Waals surface area (Å²) in [6.07, 6.45) is 0. The fourth-order valence-electron chi connectivity index (χ4n) is 2.12. The standard InChI is InChI=1S/C15H15BrO3/c1-3-19-15(17)14-12(9-16)11-7-5-4-6-10(11)8-13(14)18-2/h4-8H,3,9H2,1-2H3. The molecule has 0 unspecified atom stereocenters. The quantitative estimate of drug-likeness (QED) is 0.632. The molecule has 0 aromatic heterocycles. The summed E-state index contributed by atoms with van der Waals surface area (Å²) in [4.78, 5) is 12.1. The predicted octanol–water partition coefficient (Wildman–Crippen LogP) is 3.92. The third-order valence-corrected chi connectivity index (χ3v) is 3.51. The first-order valence-electron chi connectivity index (χ1n) is 6.04. The van der Waals surface area contributed by atoms with Gasteiger partial charge in [0.15, 0.2) is 0 Å². The number of fused-ring (bicyclic) bond motifs is 1. The van der Waals surface area contributed by atoms with Crippen molar-refractivity contribution in [3.63, 3.8) is 0 Å². The number of carbonyl (C=O) groups excluding carboxylic acids is 1. The van der Waals surface area contributed by atoms with Crippen LogP contribution in [0.2, 0.25) is 0 Å². The Morgan fingerprint density at radius 2 is 2.05 bits per heavy atom. The zero-order chi connectivity index (χ0) is 13.8. The van der Waals surface area contributed by atoms with Gasteiger partial charge in [0.05, 0.1) is 13.7 Å². The molecule has 0 radical (unpaired) electrons. The maximum Gasteiger partial charge on any atom is 0.342 e. The molecule has 2 aromatic carbocycles. The molecule has 0 saturated heterocycles. The van der Waals surface area contributed by atoms with Crippen molar-refractivity contribution in [3.05, 3.63) is 41.5 Å². The molecule has 0 aliphatic heterocycles. The van der Waals surface area contributed by atoms with Crippen molar-refractivity contribution in [2.45, 2.75) is 12.3 Å². The average Bonchev–Trinajstić information content (AvgIpc) is 2.45. The highest BCUT2D eigenvalue weighted by Crippen LogP contribution is 2.33. The minimum Gasteiger partial charge on any atom is -0.496 e. The zero-order valence-corrected chi connectivity index (χ0v) is 12.5. The maximum atomic E-state index is 12.1. The Kier molecular flexibility index (Phi) is 4.43. The normalized spacial score (nSPS) is 10.5. The van der Waals surface area contributed by atoms with Crippen molar-refractivity contribution < 1.29 is 14.3 Å². The zero-order valence-electron chi connectivity index (χ0n) is 10.9. The lowest BCUT2D eigenvalue weighted by atomic mass is 9.99. The number of ether oxygens (including phenoxy) is 2. The van der Waals surface area contributed by atoms with Crippen LogP contribution in [0.5, 0.6) is 5.75 Å². The van der Waals surface area contributed by atoms with Gasteiger partial charge in [0.25, 0.3) is 0 Å². The van der Waals surface area contributed by atoms with Crippen LogP contribution in [-0.4, -0.2) is 19.7 Å². The van der Waals surface area contributed by atoms with E-state index < -0.39 is 0 Å². The number of carbonyl (C=O) groups is 1. The molecule has 2 aromatic rings. The molecule has 0 atom stereocenters. The molecule has 0 N–H and O–H groups in total. The van der Waals surface area contributed by atoms with Gasteiger partial charge in [-0.15, -0.1) is 0 Å². The van der Waals surface area contributed by atoms with Crippen LogP contribution in [0, 0.1) is 0 Å². The van der Waals surface area contributed by atoms with E-state index in [1.807, 2.05) is 30.3 Å². The Hall–Kier alpha value is -1.55. The van der Waals surface area contributed by atoms with Crippen LogP contribution in [0.25, 0.3) is 10.8 Å². The van der Waals surface area contributed by atoms with Gasteiger partial charge in [0.1, 0.15) is 11.3 Å².